The van der Waals surface area contributed by atoms with Crippen LogP contribution in [-0.4, -0.2) is 24.0 Å². The van der Waals surface area contributed by atoms with Gasteiger partial charge in [-0.15, -0.1) is 0 Å². The molecule has 1 atom stereocenters. The number of carbonyl (C=O) groups is 2. The molecule has 2 aromatic heterocycles. The SMILES string of the molecule is COC(=O)c1ccc([C@@H]2c3c(oc4ccc(Br)cc4c3=O)C(=O)N2c2cc(C)ccn2)cc1. The highest BCUT2D eigenvalue weighted by Crippen LogP contribution is 2.40. The van der Waals surface area contributed by atoms with E-state index < -0.39 is 17.9 Å². The van der Waals surface area contributed by atoms with Gasteiger partial charge in [-0.3, -0.25) is 14.5 Å². The fourth-order valence-electron chi connectivity index (χ4n) is 4.07. The molecule has 0 spiro atoms. The standard InChI is InChI=1S/C25H17BrN2O5/c1-13-9-10-27-19(11-13)28-21(14-3-5-15(6-4-14)25(31)32-2)20-22(29)17-12-16(26)7-8-18(17)33-23(20)24(28)30/h3-12,21H,1-2H3/t21-/m1/s1. The van der Waals surface area contributed by atoms with Crippen molar-refractivity contribution in [1.82, 2.24) is 4.98 Å². The fourth-order valence-corrected chi connectivity index (χ4v) is 4.43. The van der Waals surface area contributed by atoms with Gasteiger partial charge in [-0.25, -0.2) is 9.78 Å². The van der Waals surface area contributed by atoms with Crippen LogP contribution in [0.5, 0.6) is 0 Å². The second-order valence-electron chi connectivity index (χ2n) is 7.70. The fraction of sp³-hybridized carbons (Fsp3) is 0.120. The third kappa shape index (κ3) is 3.43. The Bertz CT molecular complexity index is 1490. The van der Waals surface area contributed by atoms with Crippen LogP contribution < -0.4 is 10.3 Å². The minimum absolute atomic E-state index is 0.0137. The summed E-state index contributed by atoms with van der Waals surface area (Å²) in [7, 11) is 1.31. The molecule has 0 radical (unpaired) electrons. The van der Waals surface area contributed by atoms with Crippen LogP contribution in [0.2, 0.25) is 0 Å². The summed E-state index contributed by atoms with van der Waals surface area (Å²) in [6.07, 6.45) is 1.61. The summed E-state index contributed by atoms with van der Waals surface area (Å²) in [4.78, 5) is 44.9. The molecule has 1 aliphatic heterocycles. The molecule has 0 unspecified atom stereocenters. The molecule has 4 aromatic rings. The monoisotopic (exact) mass is 504 g/mol. The second-order valence-corrected chi connectivity index (χ2v) is 8.61. The summed E-state index contributed by atoms with van der Waals surface area (Å²) in [5.74, 6) is -0.540. The summed E-state index contributed by atoms with van der Waals surface area (Å²) in [5, 5.41) is 0.367. The largest absolute Gasteiger partial charge is 0.465 e. The Morgan fingerprint density at radius 2 is 1.85 bits per heavy atom. The molecular formula is C25H17BrN2O5. The van der Waals surface area contributed by atoms with E-state index in [2.05, 4.69) is 20.9 Å². The molecule has 7 nitrogen and oxygen atoms in total. The lowest BCUT2D eigenvalue weighted by Crippen LogP contribution is -2.30. The molecule has 5 rings (SSSR count). The molecule has 33 heavy (non-hydrogen) atoms. The number of halogens is 1. The predicted octanol–water partition coefficient (Wildman–Crippen LogP) is 4.80. The Morgan fingerprint density at radius 3 is 2.55 bits per heavy atom. The van der Waals surface area contributed by atoms with Crippen LogP contribution in [0.15, 0.2) is 74.5 Å². The van der Waals surface area contributed by atoms with Crippen molar-refractivity contribution in [3.63, 3.8) is 0 Å². The first-order valence-electron chi connectivity index (χ1n) is 10.1. The quantitative estimate of drug-likeness (QED) is 0.372. The maximum atomic E-state index is 13.6. The lowest BCUT2D eigenvalue weighted by atomic mass is 9.97. The minimum Gasteiger partial charge on any atom is -0.465 e. The van der Waals surface area contributed by atoms with Crippen molar-refractivity contribution in [1.29, 1.82) is 0 Å². The highest BCUT2D eigenvalue weighted by Gasteiger charge is 2.44. The first-order valence-corrected chi connectivity index (χ1v) is 10.9. The Labute approximate surface area is 196 Å². The number of rotatable bonds is 3. The first-order chi connectivity index (χ1) is 15.9. The molecule has 1 aliphatic rings. The summed E-state index contributed by atoms with van der Waals surface area (Å²) in [6.45, 7) is 1.90. The van der Waals surface area contributed by atoms with Gasteiger partial charge in [-0.05, 0) is 60.5 Å². The zero-order valence-corrected chi connectivity index (χ0v) is 19.3. The van der Waals surface area contributed by atoms with E-state index in [1.165, 1.54) is 12.0 Å². The van der Waals surface area contributed by atoms with Gasteiger partial charge in [-0.2, -0.15) is 0 Å². The highest BCUT2D eigenvalue weighted by atomic mass is 79.9. The topological polar surface area (TPSA) is 89.7 Å². The van der Waals surface area contributed by atoms with Gasteiger partial charge in [-0.1, -0.05) is 28.1 Å². The van der Waals surface area contributed by atoms with Crippen molar-refractivity contribution in [2.24, 2.45) is 0 Å². The number of hydrogen-bond donors (Lipinski definition) is 0. The van der Waals surface area contributed by atoms with Gasteiger partial charge >= 0.3 is 5.97 Å². The van der Waals surface area contributed by atoms with Crippen molar-refractivity contribution in [2.45, 2.75) is 13.0 Å². The number of hydrogen-bond acceptors (Lipinski definition) is 6. The molecule has 164 valence electrons. The van der Waals surface area contributed by atoms with E-state index in [9.17, 15) is 14.4 Å². The number of fused-ring (bicyclic) bond motifs is 2. The van der Waals surface area contributed by atoms with Gasteiger partial charge in [0.2, 0.25) is 5.76 Å². The Balaban J connectivity index is 1.77. The van der Waals surface area contributed by atoms with E-state index in [1.54, 1.807) is 54.7 Å². The molecule has 2 aromatic carbocycles. The van der Waals surface area contributed by atoms with E-state index in [4.69, 9.17) is 9.15 Å². The Morgan fingerprint density at radius 1 is 1.09 bits per heavy atom. The predicted molar refractivity (Wildman–Crippen MR) is 126 cm³/mol. The molecule has 0 aliphatic carbocycles. The Hall–Kier alpha value is -3.78. The highest BCUT2D eigenvalue weighted by molar-refractivity contribution is 9.10. The van der Waals surface area contributed by atoms with Crippen LogP contribution in [-0.2, 0) is 4.74 Å². The zero-order chi connectivity index (χ0) is 23.3. The number of amides is 1. The summed E-state index contributed by atoms with van der Waals surface area (Å²) in [6, 6.07) is 14.5. The van der Waals surface area contributed by atoms with E-state index in [0.29, 0.717) is 27.9 Å². The molecule has 0 saturated carbocycles. The minimum atomic E-state index is -0.770. The molecule has 0 N–H and O–H groups in total. The number of esters is 1. The van der Waals surface area contributed by atoms with Gasteiger partial charge in [0.05, 0.1) is 29.7 Å². The molecule has 3 heterocycles. The number of benzene rings is 2. The summed E-state index contributed by atoms with van der Waals surface area (Å²) in [5.41, 5.74) is 2.18. The molecule has 0 bridgehead atoms. The zero-order valence-electron chi connectivity index (χ0n) is 17.7. The number of aromatic nitrogens is 1. The maximum Gasteiger partial charge on any atom is 0.337 e. The lowest BCUT2D eigenvalue weighted by Gasteiger charge is -2.24. The van der Waals surface area contributed by atoms with Crippen LogP contribution in [0.25, 0.3) is 11.0 Å². The molecule has 1 amide bonds. The molecule has 0 fully saturated rings. The van der Waals surface area contributed by atoms with Crippen molar-refractivity contribution in [2.75, 3.05) is 12.0 Å². The number of nitrogens with zero attached hydrogens (tertiary/aromatic N) is 2. The van der Waals surface area contributed by atoms with E-state index in [0.717, 1.165) is 10.0 Å². The average Bonchev–Trinajstić information content (AvgIpc) is 3.11. The molecular weight excluding hydrogens is 488 g/mol. The van der Waals surface area contributed by atoms with Crippen LogP contribution in [0.4, 0.5) is 5.82 Å². The summed E-state index contributed by atoms with van der Waals surface area (Å²) < 4.78 is 11.5. The third-order valence-corrected chi connectivity index (χ3v) is 6.12. The van der Waals surface area contributed by atoms with Gasteiger partial charge in [0.1, 0.15) is 11.4 Å². The number of carbonyl (C=O) groups excluding carboxylic acids is 2. The van der Waals surface area contributed by atoms with E-state index >= 15 is 0 Å². The van der Waals surface area contributed by atoms with E-state index in [1.807, 2.05) is 13.0 Å². The summed E-state index contributed by atoms with van der Waals surface area (Å²) >= 11 is 3.39. The van der Waals surface area contributed by atoms with Crippen LogP contribution in [0, 0.1) is 6.92 Å². The lowest BCUT2D eigenvalue weighted by molar-refractivity contribution is 0.0600. The van der Waals surface area contributed by atoms with Gasteiger partial charge in [0.25, 0.3) is 5.91 Å². The maximum absolute atomic E-state index is 13.6. The van der Waals surface area contributed by atoms with Crippen LogP contribution >= 0.6 is 15.9 Å². The van der Waals surface area contributed by atoms with Crippen molar-refractivity contribution in [3.8, 4) is 0 Å². The number of methoxy groups -OCH3 is 1. The van der Waals surface area contributed by atoms with Crippen LogP contribution in [0.3, 0.4) is 0 Å². The van der Waals surface area contributed by atoms with Crippen LogP contribution in [0.1, 0.15) is 43.6 Å². The van der Waals surface area contributed by atoms with Gasteiger partial charge in [0.15, 0.2) is 5.43 Å². The normalized spacial score (nSPS) is 15.1. The number of anilines is 1. The average molecular weight is 505 g/mol. The van der Waals surface area contributed by atoms with Crippen molar-refractivity contribution < 1.29 is 18.7 Å². The third-order valence-electron chi connectivity index (χ3n) is 5.63. The smallest absolute Gasteiger partial charge is 0.337 e. The molecule has 8 heteroatoms. The second kappa shape index (κ2) is 7.97. The van der Waals surface area contributed by atoms with Crippen molar-refractivity contribution >= 4 is 44.6 Å². The number of aryl methyl sites for hydroxylation is 1. The van der Waals surface area contributed by atoms with Gasteiger partial charge < -0.3 is 9.15 Å². The number of ether oxygens (including phenoxy) is 1. The van der Waals surface area contributed by atoms with E-state index in [-0.39, 0.29) is 16.8 Å². The van der Waals surface area contributed by atoms with Crippen molar-refractivity contribution in [3.05, 3.63) is 104 Å². The number of pyridine rings is 1. The first kappa shape index (κ1) is 21.1. The Kier molecular flexibility index (Phi) is 5.09. The molecule has 0 saturated heterocycles. The van der Waals surface area contributed by atoms with Gasteiger partial charge in [0, 0.05) is 10.7 Å².